The van der Waals surface area contributed by atoms with Gasteiger partial charge in [-0.3, -0.25) is 5.10 Å². The summed E-state index contributed by atoms with van der Waals surface area (Å²) in [6.07, 6.45) is 0.481. The molecule has 0 bridgehead atoms. The Kier molecular flexibility index (Phi) is 2.21. The van der Waals surface area contributed by atoms with Crippen LogP contribution in [0, 0.1) is 18.3 Å². The van der Waals surface area contributed by atoms with Crippen LogP contribution >= 0.6 is 0 Å². The molecular weight excluding hydrogens is 140 g/mol. The van der Waals surface area contributed by atoms with Crippen LogP contribution in [-0.4, -0.2) is 15.2 Å². The first kappa shape index (κ1) is 7.73. The zero-order chi connectivity index (χ0) is 8.27. The van der Waals surface area contributed by atoms with Crippen LogP contribution in [0.15, 0.2) is 0 Å². The zero-order valence-corrected chi connectivity index (χ0v) is 6.63. The number of aryl methyl sites for hydroxylation is 1. The minimum Gasteiger partial charge on any atom is -0.263 e. The lowest BCUT2D eigenvalue weighted by molar-refractivity contribution is 0.724. The van der Waals surface area contributed by atoms with Crippen molar-refractivity contribution < 1.29 is 0 Å². The summed E-state index contributed by atoms with van der Waals surface area (Å²) in [6.45, 7) is 3.77. The van der Waals surface area contributed by atoms with Crippen molar-refractivity contribution in [2.75, 3.05) is 0 Å². The average Bonchev–Trinajstić information content (AvgIpc) is 2.36. The number of rotatable bonds is 2. The first-order valence-electron chi connectivity index (χ1n) is 3.50. The van der Waals surface area contributed by atoms with Gasteiger partial charge >= 0.3 is 0 Å². The lowest BCUT2D eigenvalue weighted by Crippen LogP contribution is -1.94. The molecule has 11 heavy (non-hydrogen) atoms. The first-order chi connectivity index (χ1) is 5.24. The minimum absolute atomic E-state index is 0.154. The highest BCUT2D eigenvalue weighted by Gasteiger charge is 2.08. The third-order valence-corrected chi connectivity index (χ3v) is 1.48. The molecule has 0 amide bonds. The van der Waals surface area contributed by atoms with Gasteiger partial charge in [0, 0.05) is 12.3 Å². The van der Waals surface area contributed by atoms with Crippen molar-refractivity contribution in [3.63, 3.8) is 0 Å². The number of aromatic nitrogens is 3. The molecule has 1 aromatic rings. The Morgan fingerprint density at radius 1 is 1.73 bits per heavy atom. The molecule has 1 rings (SSSR count). The summed E-state index contributed by atoms with van der Waals surface area (Å²) in [7, 11) is 0. The number of nitriles is 1. The molecule has 0 fully saturated rings. The molecule has 0 aliphatic carbocycles. The van der Waals surface area contributed by atoms with Crippen LogP contribution in [0.25, 0.3) is 0 Å². The van der Waals surface area contributed by atoms with Crippen molar-refractivity contribution in [1.29, 1.82) is 5.26 Å². The SMILES string of the molecule is Cc1n[nH]c([C@@H](C)CC#N)n1. The molecule has 0 aliphatic heterocycles. The van der Waals surface area contributed by atoms with E-state index >= 15 is 0 Å². The molecule has 0 saturated carbocycles. The Morgan fingerprint density at radius 3 is 2.91 bits per heavy atom. The molecule has 0 radical (unpaired) electrons. The molecule has 1 atom stereocenters. The molecule has 58 valence electrons. The largest absolute Gasteiger partial charge is 0.263 e. The monoisotopic (exact) mass is 150 g/mol. The summed E-state index contributed by atoms with van der Waals surface area (Å²) in [5.74, 6) is 1.68. The maximum absolute atomic E-state index is 8.39. The van der Waals surface area contributed by atoms with E-state index in [1.807, 2.05) is 13.8 Å². The Hall–Kier alpha value is -1.37. The van der Waals surface area contributed by atoms with Crippen LogP contribution in [0.5, 0.6) is 0 Å². The van der Waals surface area contributed by atoms with Gasteiger partial charge in [0.1, 0.15) is 11.6 Å². The van der Waals surface area contributed by atoms with Crippen molar-refractivity contribution in [2.45, 2.75) is 26.2 Å². The van der Waals surface area contributed by atoms with Crippen molar-refractivity contribution in [1.82, 2.24) is 15.2 Å². The Labute approximate surface area is 65.3 Å². The van der Waals surface area contributed by atoms with Crippen LogP contribution in [0.1, 0.15) is 30.9 Å². The second-order valence-electron chi connectivity index (χ2n) is 2.53. The van der Waals surface area contributed by atoms with Gasteiger partial charge in [0.2, 0.25) is 0 Å². The highest BCUT2D eigenvalue weighted by atomic mass is 15.2. The molecule has 1 N–H and O–H groups in total. The fourth-order valence-electron chi connectivity index (χ4n) is 0.816. The topological polar surface area (TPSA) is 65.4 Å². The summed E-state index contributed by atoms with van der Waals surface area (Å²) in [4.78, 5) is 4.11. The molecule has 0 unspecified atom stereocenters. The number of hydrogen-bond acceptors (Lipinski definition) is 3. The summed E-state index contributed by atoms with van der Waals surface area (Å²) < 4.78 is 0. The van der Waals surface area contributed by atoms with Crippen molar-refractivity contribution in [2.24, 2.45) is 0 Å². The summed E-state index contributed by atoms with van der Waals surface area (Å²) >= 11 is 0. The molecule has 0 spiro atoms. The van der Waals surface area contributed by atoms with Crippen molar-refractivity contribution in [3.05, 3.63) is 11.6 Å². The fourth-order valence-corrected chi connectivity index (χ4v) is 0.816. The summed E-state index contributed by atoms with van der Waals surface area (Å²) in [6, 6.07) is 2.09. The van der Waals surface area contributed by atoms with Gasteiger partial charge in [-0.25, -0.2) is 4.98 Å². The normalized spacial score (nSPS) is 12.5. The molecular formula is C7H10N4. The van der Waals surface area contributed by atoms with E-state index in [9.17, 15) is 0 Å². The fraction of sp³-hybridized carbons (Fsp3) is 0.571. The molecule has 0 saturated heterocycles. The van der Waals surface area contributed by atoms with Crippen molar-refractivity contribution in [3.8, 4) is 6.07 Å². The second kappa shape index (κ2) is 3.15. The predicted octanol–water partition coefficient (Wildman–Crippen LogP) is 1.13. The van der Waals surface area contributed by atoms with Gasteiger partial charge in [-0.15, -0.1) is 0 Å². The number of nitrogens with zero attached hydrogens (tertiary/aromatic N) is 3. The van der Waals surface area contributed by atoms with E-state index in [2.05, 4.69) is 21.3 Å². The molecule has 0 aliphatic rings. The van der Waals surface area contributed by atoms with E-state index in [0.29, 0.717) is 6.42 Å². The predicted molar refractivity (Wildman–Crippen MR) is 39.8 cm³/mol. The number of nitrogens with one attached hydrogen (secondary N) is 1. The van der Waals surface area contributed by atoms with Crippen LogP contribution in [0.3, 0.4) is 0 Å². The number of H-pyrrole nitrogens is 1. The maximum atomic E-state index is 8.39. The van der Waals surface area contributed by atoms with Crippen LogP contribution in [0.4, 0.5) is 0 Å². The zero-order valence-electron chi connectivity index (χ0n) is 6.63. The van der Waals surface area contributed by atoms with Crippen molar-refractivity contribution >= 4 is 0 Å². The van der Waals surface area contributed by atoms with Crippen LogP contribution in [-0.2, 0) is 0 Å². The quantitative estimate of drug-likeness (QED) is 0.687. The Balaban J connectivity index is 2.70. The molecule has 1 aromatic heterocycles. The van der Waals surface area contributed by atoms with Gasteiger partial charge in [-0.1, -0.05) is 6.92 Å². The maximum Gasteiger partial charge on any atom is 0.147 e. The van der Waals surface area contributed by atoms with Gasteiger partial charge in [0.05, 0.1) is 6.07 Å². The van der Waals surface area contributed by atoms with Gasteiger partial charge in [0.25, 0.3) is 0 Å². The number of aromatic amines is 1. The number of hydrogen-bond donors (Lipinski definition) is 1. The Bertz CT molecular complexity index is 270. The van der Waals surface area contributed by atoms with E-state index < -0.39 is 0 Å². The van der Waals surface area contributed by atoms with E-state index in [1.54, 1.807) is 0 Å². The molecule has 0 aromatic carbocycles. The van der Waals surface area contributed by atoms with E-state index in [0.717, 1.165) is 11.6 Å². The van der Waals surface area contributed by atoms with E-state index in [-0.39, 0.29) is 5.92 Å². The van der Waals surface area contributed by atoms with Crippen LogP contribution in [0.2, 0.25) is 0 Å². The van der Waals surface area contributed by atoms with Gasteiger partial charge in [-0.05, 0) is 6.92 Å². The second-order valence-corrected chi connectivity index (χ2v) is 2.53. The standard InChI is InChI=1S/C7H10N4/c1-5(3-4-8)7-9-6(2)10-11-7/h5H,3H2,1-2H3,(H,9,10,11)/t5-/m0/s1. The van der Waals surface area contributed by atoms with E-state index in [4.69, 9.17) is 5.26 Å². The summed E-state index contributed by atoms with van der Waals surface area (Å²) in [5, 5.41) is 15.0. The first-order valence-corrected chi connectivity index (χ1v) is 3.50. The highest BCUT2D eigenvalue weighted by Crippen LogP contribution is 2.12. The molecule has 4 nitrogen and oxygen atoms in total. The third kappa shape index (κ3) is 1.77. The van der Waals surface area contributed by atoms with Gasteiger partial charge < -0.3 is 0 Å². The van der Waals surface area contributed by atoms with Gasteiger partial charge in [-0.2, -0.15) is 10.4 Å². The average molecular weight is 150 g/mol. The Morgan fingerprint density at radius 2 is 2.45 bits per heavy atom. The summed E-state index contributed by atoms with van der Waals surface area (Å²) in [5.41, 5.74) is 0. The highest BCUT2D eigenvalue weighted by molar-refractivity contribution is 4.98. The lowest BCUT2D eigenvalue weighted by atomic mass is 10.1. The minimum atomic E-state index is 0.154. The molecule has 4 heteroatoms. The lowest BCUT2D eigenvalue weighted by Gasteiger charge is -1.98. The van der Waals surface area contributed by atoms with Gasteiger partial charge in [0.15, 0.2) is 0 Å². The third-order valence-electron chi connectivity index (χ3n) is 1.48. The van der Waals surface area contributed by atoms with E-state index in [1.165, 1.54) is 0 Å². The smallest absolute Gasteiger partial charge is 0.147 e. The van der Waals surface area contributed by atoms with Crippen LogP contribution < -0.4 is 0 Å². The molecule has 1 heterocycles.